The Kier molecular flexibility index (Phi) is 3.02. The smallest absolute Gasteiger partial charge is 0.267 e. The zero-order valence-electron chi connectivity index (χ0n) is 7.20. The second kappa shape index (κ2) is 3.89. The number of hydrogen-bond donors (Lipinski definition) is 2. The Morgan fingerprint density at radius 3 is 2.71 bits per heavy atom. The van der Waals surface area contributed by atoms with Gasteiger partial charge >= 0.3 is 0 Å². The molecule has 0 aromatic carbocycles. The van der Waals surface area contributed by atoms with Gasteiger partial charge in [0.2, 0.25) is 5.91 Å². The summed E-state index contributed by atoms with van der Waals surface area (Å²) in [4.78, 5) is 14.6. The van der Waals surface area contributed by atoms with Gasteiger partial charge in [-0.1, -0.05) is 6.08 Å². The molecule has 1 aliphatic heterocycles. The van der Waals surface area contributed by atoms with Crippen LogP contribution in [-0.2, 0) is 14.9 Å². The standard InChI is InChI=1S/C7H10N2O4S/c8-7(10)5-2-1-3-9-6(5)4-14(11,12)13/h1-3,5-6H,4H2,(H2,8,10)(H,11,12,13). The second-order valence-electron chi connectivity index (χ2n) is 2.93. The average molecular weight is 218 g/mol. The quantitative estimate of drug-likeness (QED) is 0.591. The first kappa shape index (κ1) is 10.9. The lowest BCUT2D eigenvalue weighted by atomic mass is 9.99. The number of aliphatic imine (C=N–C) groups is 1. The van der Waals surface area contributed by atoms with Gasteiger partial charge in [0.1, 0.15) is 0 Å². The maximum Gasteiger partial charge on any atom is 0.267 e. The second-order valence-corrected chi connectivity index (χ2v) is 4.42. The predicted octanol–water partition coefficient (Wildman–Crippen LogP) is -1.02. The molecule has 0 aromatic heterocycles. The number of rotatable bonds is 3. The van der Waals surface area contributed by atoms with Crippen LogP contribution in [0.4, 0.5) is 0 Å². The van der Waals surface area contributed by atoms with Gasteiger partial charge in [-0.2, -0.15) is 8.42 Å². The van der Waals surface area contributed by atoms with E-state index in [2.05, 4.69) is 4.99 Å². The number of carbonyl (C=O) groups excluding carboxylic acids is 1. The number of amides is 1. The number of carbonyl (C=O) groups is 1. The highest BCUT2D eigenvalue weighted by Gasteiger charge is 2.28. The van der Waals surface area contributed by atoms with Gasteiger partial charge in [0, 0.05) is 6.21 Å². The summed E-state index contributed by atoms with van der Waals surface area (Å²) in [6.07, 6.45) is 4.34. The number of hydrogen-bond acceptors (Lipinski definition) is 4. The Morgan fingerprint density at radius 1 is 1.57 bits per heavy atom. The Bertz CT molecular complexity index is 384. The van der Waals surface area contributed by atoms with E-state index in [1.165, 1.54) is 18.4 Å². The molecule has 1 aliphatic rings. The van der Waals surface area contributed by atoms with Crippen LogP contribution in [0.2, 0.25) is 0 Å². The lowest BCUT2D eigenvalue weighted by Gasteiger charge is -2.18. The van der Waals surface area contributed by atoms with Crippen LogP contribution in [0, 0.1) is 5.92 Å². The number of nitrogens with two attached hydrogens (primary N) is 1. The largest absolute Gasteiger partial charge is 0.369 e. The highest BCUT2D eigenvalue weighted by atomic mass is 32.2. The van der Waals surface area contributed by atoms with E-state index < -0.39 is 33.7 Å². The van der Waals surface area contributed by atoms with Gasteiger partial charge in [-0.25, -0.2) is 0 Å². The maximum atomic E-state index is 10.9. The van der Waals surface area contributed by atoms with Crippen LogP contribution in [0.5, 0.6) is 0 Å². The van der Waals surface area contributed by atoms with E-state index in [0.717, 1.165) is 0 Å². The van der Waals surface area contributed by atoms with E-state index in [0.29, 0.717) is 0 Å². The van der Waals surface area contributed by atoms with E-state index >= 15 is 0 Å². The van der Waals surface area contributed by atoms with Crippen LogP contribution in [0.3, 0.4) is 0 Å². The first-order valence-corrected chi connectivity index (χ1v) is 5.45. The highest BCUT2D eigenvalue weighted by Crippen LogP contribution is 2.14. The van der Waals surface area contributed by atoms with Crippen molar-refractivity contribution < 1.29 is 17.8 Å². The van der Waals surface area contributed by atoms with Gasteiger partial charge in [-0.3, -0.25) is 14.3 Å². The minimum atomic E-state index is -4.15. The molecule has 6 nitrogen and oxygen atoms in total. The molecule has 0 saturated carbocycles. The van der Waals surface area contributed by atoms with Crippen molar-refractivity contribution in [3.8, 4) is 0 Å². The van der Waals surface area contributed by atoms with Crippen molar-refractivity contribution >= 4 is 22.2 Å². The fourth-order valence-corrected chi connectivity index (χ4v) is 1.92. The predicted molar refractivity (Wildman–Crippen MR) is 50.5 cm³/mol. The summed E-state index contributed by atoms with van der Waals surface area (Å²) in [5, 5.41) is 0. The summed E-state index contributed by atoms with van der Waals surface area (Å²) in [5.74, 6) is -2.03. The molecule has 0 radical (unpaired) electrons. The van der Waals surface area contributed by atoms with E-state index in [9.17, 15) is 13.2 Å². The number of nitrogens with zero attached hydrogens (tertiary/aromatic N) is 1. The number of dihydropyridines is 1. The molecular formula is C7H10N2O4S. The SMILES string of the molecule is NC(=O)C1C=CC=NC1CS(=O)(=O)O. The molecule has 14 heavy (non-hydrogen) atoms. The topological polar surface area (TPSA) is 110 Å². The third kappa shape index (κ3) is 2.93. The van der Waals surface area contributed by atoms with Gasteiger partial charge in [-0.05, 0) is 6.08 Å². The summed E-state index contributed by atoms with van der Waals surface area (Å²) in [5.41, 5.74) is 5.04. The van der Waals surface area contributed by atoms with Crippen LogP contribution in [-0.4, -0.2) is 36.9 Å². The highest BCUT2D eigenvalue weighted by molar-refractivity contribution is 7.85. The van der Waals surface area contributed by atoms with Crippen LogP contribution in [0.15, 0.2) is 17.1 Å². The lowest BCUT2D eigenvalue weighted by Crippen LogP contribution is -2.36. The van der Waals surface area contributed by atoms with Crippen LogP contribution < -0.4 is 5.73 Å². The Morgan fingerprint density at radius 2 is 2.21 bits per heavy atom. The monoisotopic (exact) mass is 218 g/mol. The molecule has 2 unspecified atom stereocenters. The third-order valence-corrected chi connectivity index (χ3v) is 2.57. The summed E-state index contributed by atoms with van der Waals surface area (Å²) in [7, 11) is -4.15. The zero-order valence-corrected chi connectivity index (χ0v) is 8.02. The van der Waals surface area contributed by atoms with Crippen molar-refractivity contribution in [2.75, 3.05) is 5.75 Å². The summed E-state index contributed by atoms with van der Waals surface area (Å²) in [6.45, 7) is 0. The van der Waals surface area contributed by atoms with Crippen molar-refractivity contribution in [2.45, 2.75) is 6.04 Å². The van der Waals surface area contributed by atoms with Gasteiger partial charge in [-0.15, -0.1) is 0 Å². The van der Waals surface area contributed by atoms with E-state index in [-0.39, 0.29) is 0 Å². The Hall–Kier alpha value is -1.21. The molecule has 0 aromatic rings. The van der Waals surface area contributed by atoms with Crippen LogP contribution in [0.25, 0.3) is 0 Å². The van der Waals surface area contributed by atoms with Crippen molar-refractivity contribution in [3.63, 3.8) is 0 Å². The first-order chi connectivity index (χ1) is 6.40. The third-order valence-electron chi connectivity index (χ3n) is 1.81. The van der Waals surface area contributed by atoms with Crippen molar-refractivity contribution in [1.82, 2.24) is 0 Å². The van der Waals surface area contributed by atoms with E-state index in [1.54, 1.807) is 0 Å². The molecule has 3 N–H and O–H groups in total. The van der Waals surface area contributed by atoms with Gasteiger partial charge in [0.05, 0.1) is 17.7 Å². The van der Waals surface area contributed by atoms with Crippen LogP contribution in [0.1, 0.15) is 0 Å². The summed E-state index contributed by atoms with van der Waals surface area (Å²) < 4.78 is 29.7. The number of primary amides is 1. The molecule has 0 spiro atoms. The Labute approximate surface area is 81.3 Å². The zero-order chi connectivity index (χ0) is 10.8. The molecule has 7 heteroatoms. The van der Waals surface area contributed by atoms with E-state index in [1.807, 2.05) is 0 Å². The molecule has 0 fully saturated rings. The van der Waals surface area contributed by atoms with Crippen molar-refractivity contribution in [3.05, 3.63) is 12.2 Å². The molecule has 1 rings (SSSR count). The molecule has 78 valence electrons. The van der Waals surface area contributed by atoms with Crippen molar-refractivity contribution in [1.29, 1.82) is 0 Å². The minimum Gasteiger partial charge on any atom is -0.369 e. The lowest BCUT2D eigenvalue weighted by molar-refractivity contribution is -0.120. The summed E-state index contributed by atoms with van der Waals surface area (Å²) in [6, 6.07) is -0.826. The van der Waals surface area contributed by atoms with Gasteiger partial charge in [0.15, 0.2) is 0 Å². The molecule has 0 bridgehead atoms. The molecule has 1 heterocycles. The molecular weight excluding hydrogens is 208 g/mol. The number of allylic oxidation sites excluding steroid dienone is 1. The fourth-order valence-electron chi connectivity index (χ4n) is 1.20. The first-order valence-electron chi connectivity index (χ1n) is 3.84. The van der Waals surface area contributed by atoms with Gasteiger partial charge < -0.3 is 5.73 Å². The Balaban J connectivity index is 2.82. The normalized spacial score (nSPS) is 26.4. The van der Waals surface area contributed by atoms with E-state index in [4.69, 9.17) is 10.3 Å². The fraction of sp³-hybridized carbons (Fsp3) is 0.429. The maximum absolute atomic E-state index is 10.9. The molecule has 2 atom stereocenters. The van der Waals surface area contributed by atoms with Crippen LogP contribution >= 0.6 is 0 Å². The summed E-state index contributed by atoms with van der Waals surface area (Å²) >= 11 is 0. The molecule has 0 saturated heterocycles. The minimum absolute atomic E-state index is 0.596. The molecule has 1 amide bonds. The average Bonchev–Trinajstić information content (AvgIpc) is 2.01. The molecule has 0 aliphatic carbocycles. The van der Waals surface area contributed by atoms with Gasteiger partial charge in [0.25, 0.3) is 10.1 Å². The van der Waals surface area contributed by atoms with Crippen molar-refractivity contribution in [2.24, 2.45) is 16.6 Å².